The third-order valence-electron chi connectivity index (χ3n) is 2.50. The third kappa shape index (κ3) is 4.55. The lowest BCUT2D eigenvalue weighted by molar-refractivity contribution is 0.473. The van der Waals surface area contributed by atoms with Gasteiger partial charge in [0.1, 0.15) is 12.3 Å². The van der Waals surface area contributed by atoms with Crippen LogP contribution in [0, 0.1) is 13.8 Å². The highest BCUT2D eigenvalue weighted by atomic mass is 127. The molecule has 0 fully saturated rings. The van der Waals surface area contributed by atoms with E-state index in [0.717, 1.165) is 17.1 Å². The summed E-state index contributed by atoms with van der Waals surface area (Å²) in [5.74, 6) is 1.73. The number of hydrogen-bond acceptors (Lipinski definition) is 3. The number of nitrogens with two attached hydrogens (primary N) is 1. The van der Waals surface area contributed by atoms with Crippen LogP contribution in [0.25, 0.3) is 0 Å². The lowest BCUT2D eigenvalue weighted by Gasteiger charge is -2.03. The van der Waals surface area contributed by atoms with Crippen LogP contribution in [-0.2, 0) is 6.54 Å². The van der Waals surface area contributed by atoms with Gasteiger partial charge in [-0.2, -0.15) is 0 Å². The van der Waals surface area contributed by atoms with Gasteiger partial charge in [0, 0.05) is 5.69 Å². The minimum atomic E-state index is 0. The predicted octanol–water partition coefficient (Wildman–Crippen LogP) is 2.84. The number of anilines is 1. The van der Waals surface area contributed by atoms with E-state index in [0.29, 0.717) is 18.4 Å². The van der Waals surface area contributed by atoms with Crippen LogP contribution in [0.5, 0.6) is 0 Å². The molecule has 0 atom stereocenters. The summed E-state index contributed by atoms with van der Waals surface area (Å²) in [7, 11) is 0. The molecule has 1 aromatic carbocycles. The topological polar surface area (TPSA) is 76.4 Å². The zero-order chi connectivity index (χ0) is 13.0. The average Bonchev–Trinajstić information content (AvgIpc) is 2.68. The van der Waals surface area contributed by atoms with Crippen LogP contribution in [0.4, 0.5) is 5.69 Å². The van der Waals surface area contributed by atoms with Gasteiger partial charge in [-0.1, -0.05) is 18.2 Å². The van der Waals surface area contributed by atoms with Crippen LogP contribution >= 0.6 is 24.0 Å². The highest BCUT2D eigenvalue weighted by Gasteiger charge is 2.04. The first-order valence-electron chi connectivity index (χ1n) is 5.70. The Morgan fingerprint density at radius 2 is 2.00 bits per heavy atom. The number of benzene rings is 1. The molecule has 0 saturated carbocycles. The van der Waals surface area contributed by atoms with Crippen molar-refractivity contribution in [2.24, 2.45) is 10.7 Å². The Kier molecular flexibility index (Phi) is 5.81. The van der Waals surface area contributed by atoms with Crippen molar-refractivity contribution in [2.75, 3.05) is 5.32 Å². The zero-order valence-corrected chi connectivity index (χ0v) is 13.2. The molecule has 102 valence electrons. The van der Waals surface area contributed by atoms with Gasteiger partial charge in [0.2, 0.25) is 5.89 Å². The first-order valence-corrected chi connectivity index (χ1v) is 5.70. The van der Waals surface area contributed by atoms with Crippen molar-refractivity contribution in [1.82, 2.24) is 4.98 Å². The van der Waals surface area contributed by atoms with E-state index in [4.69, 9.17) is 10.2 Å². The molecule has 0 bridgehead atoms. The molecule has 0 aliphatic carbocycles. The number of rotatable bonds is 3. The van der Waals surface area contributed by atoms with Gasteiger partial charge in [-0.05, 0) is 26.0 Å². The Balaban J connectivity index is 0.00000180. The highest BCUT2D eigenvalue weighted by molar-refractivity contribution is 14.0. The second kappa shape index (κ2) is 7.13. The fraction of sp³-hybridized carbons (Fsp3) is 0.231. The van der Waals surface area contributed by atoms with Crippen molar-refractivity contribution in [3.63, 3.8) is 0 Å². The van der Waals surface area contributed by atoms with E-state index in [1.807, 2.05) is 44.2 Å². The number of aryl methyl sites for hydroxylation is 2. The Labute approximate surface area is 129 Å². The number of halogens is 1. The standard InChI is InChI=1S/C13H16N4O.HI/c1-9-10(2)18-12(16-9)8-15-13(14)17-11-6-4-3-5-7-11;/h3-7H,8H2,1-2H3,(H3,14,15,17);1H. The number of aromatic nitrogens is 1. The highest BCUT2D eigenvalue weighted by Crippen LogP contribution is 2.09. The van der Waals surface area contributed by atoms with E-state index >= 15 is 0 Å². The van der Waals surface area contributed by atoms with Crippen molar-refractivity contribution in [3.05, 3.63) is 47.7 Å². The molecule has 0 radical (unpaired) electrons. The second-order valence-corrected chi connectivity index (χ2v) is 3.94. The molecule has 6 heteroatoms. The third-order valence-corrected chi connectivity index (χ3v) is 2.50. The van der Waals surface area contributed by atoms with Crippen molar-refractivity contribution in [2.45, 2.75) is 20.4 Å². The zero-order valence-electron chi connectivity index (χ0n) is 10.9. The molecule has 2 aromatic rings. The van der Waals surface area contributed by atoms with Gasteiger partial charge >= 0.3 is 0 Å². The fourth-order valence-corrected chi connectivity index (χ4v) is 1.47. The molecule has 0 aliphatic heterocycles. The minimum absolute atomic E-state index is 0. The van der Waals surface area contributed by atoms with Crippen LogP contribution < -0.4 is 11.1 Å². The summed E-state index contributed by atoms with van der Waals surface area (Å²) in [6, 6.07) is 9.63. The quantitative estimate of drug-likeness (QED) is 0.494. The summed E-state index contributed by atoms with van der Waals surface area (Å²) in [5.41, 5.74) is 7.55. The minimum Gasteiger partial charge on any atom is -0.444 e. The lowest BCUT2D eigenvalue weighted by atomic mass is 10.3. The number of aliphatic imine (C=N–C) groups is 1. The molecule has 0 saturated heterocycles. The summed E-state index contributed by atoms with van der Waals surface area (Å²) in [4.78, 5) is 8.40. The molecule has 1 heterocycles. The normalized spacial score (nSPS) is 10.9. The average molecular weight is 372 g/mol. The van der Waals surface area contributed by atoms with Crippen LogP contribution in [0.1, 0.15) is 17.3 Å². The van der Waals surface area contributed by atoms with E-state index in [-0.39, 0.29) is 24.0 Å². The smallest absolute Gasteiger partial charge is 0.216 e. The molecule has 2 rings (SSSR count). The SMILES string of the molecule is Cc1nc(CN=C(N)Nc2ccccc2)oc1C.I. The van der Waals surface area contributed by atoms with Crippen molar-refractivity contribution in [1.29, 1.82) is 0 Å². The molecule has 0 spiro atoms. The number of nitrogens with zero attached hydrogens (tertiary/aromatic N) is 2. The number of para-hydroxylation sites is 1. The lowest BCUT2D eigenvalue weighted by Crippen LogP contribution is -2.22. The van der Waals surface area contributed by atoms with E-state index in [1.54, 1.807) is 0 Å². The summed E-state index contributed by atoms with van der Waals surface area (Å²) in [5, 5.41) is 2.99. The Morgan fingerprint density at radius 3 is 2.58 bits per heavy atom. The van der Waals surface area contributed by atoms with Crippen molar-refractivity contribution < 1.29 is 4.42 Å². The molecular formula is C13H17IN4O. The fourth-order valence-electron chi connectivity index (χ4n) is 1.47. The van der Waals surface area contributed by atoms with Gasteiger partial charge in [-0.3, -0.25) is 0 Å². The molecule has 3 N–H and O–H groups in total. The molecule has 0 aliphatic rings. The number of oxazole rings is 1. The van der Waals surface area contributed by atoms with Crippen LogP contribution in [0.3, 0.4) is 0 Å². The van der Waals surface area contributed by atoms with Gasteiger partial charge in [-0.25, -0.2) is 9.98 Å². The van der Waals surface area contributed by atoms with Gasteiger partial charge in [0.25, 0.3) is 0 Å². The van der Waals surface area contributed by atoms with E-state index < -0.39 is 0 Å². The van der Waals surface area contributed by atoms with Crippen molar-refractivity contribution in [3.8, 4) is 0 Å². The summed E-state index contributed by atoms with van der Waals surface area (Å²) in [6.07, 6.45) is 0. The first-order chi connectivity index (χ1) is 8.65. The van der Waals surface area contributed by atoms with E-state index in [9.17, 15) is 0 Å². The number of nitrogens with one attached hydrogen (secondary N) is 1. The molecule has 5 nitrogen and oxygen atoms in total. The summed E-state index contributed by atoms with van der Waals surface area (Å²) >= 11 is 0. The number of hydrogen-bond donors (Lipinski definition) is 2. The Morgan fingerprint density at radius 1 is 1.32 bits per heavy atom. The molecule has 1 aromatic heterocycles. The van der Waals surface area contributed by atoms with Crippen LogP contribution in [0.2, 0.25) is 0 Å². The largest absolute Gasteiger partial charge is 0.444 e. The molecule has 0 unspecified atom stereocenters. The molecule has 19 heavy (non-hydrogen) atoms. The maximum atomic E-state index is 5.77. The van der Waals surface area contributed by atoms with E-state index in [2.05, 4.69) is 15.3 Å². The van der Waals surface area contributed by atoms with Gasteiger partial charge in [-0.15, -0.1) is 24.0 Å². The van der Waals surface area contributed by atoms with Gasteiger partial charge < -0.3 is 15.5 Å². The van der Waals surface area contributed by atoms with Crippen LogP contribution in [0.15, 0.2) is 39.7 Å². The van der Waals surface area contributed by atoms with Gasteiger partial charge in [0.05, 0.1) is 5.69 Å². The first kappa shape index (κ1) is 15.5. The summed E-state index contributed by atoms with van der Waals surface area (Å²) in [6.45, 7) is 4.11. The predicted molar refractivity (Wildman–Crippen MR) is 86.8 cm³/mol. The molecule has 0 amide bonds. The Hall–Kier alpha value is -1.57. The van der Waals surface area contributed by atoms with Gasteiger partial charge in [0.15, 0.2) is 5.96 Å². The maximum absolute atomic E-state index is 5.77. The number of guanidine groups is 1. The van der Waals surface area contributed by atoms with Crippen LogP contribution in [-0.4, -0.2) is 10.9 Å². The maximum Gasteiger partial charge on any atom is 0.216 e. The second-order valence-electron chi connectivity index (χ2n) is 3.94. The Bertz CT molecular complexity index is 532. The molecular weight excluding hydrogens is 355 g/mol. The van der Waals surface area contributed by atoms with Crippen molar-refractivity contribution >= 4 is 35.6 Å². The van der Waals surface area contributed by atoms with E-state index in [1.165, 1.54) is 0 Å². The summed E-state index contributed by atoms with van der Waals surface area (Å²) < 4.78 is 5.41. The monoisotopic (exact) mass is 372 g/mol.